The molecule has 0 bridgehead atoms. The molecule has 0 saturated carbocycles. The van der Waals surface area contributed by atoms with Crippen molar-refractivity contribution < 1.29 is 118 Å². The van der Waals surface area contributed by atoms with Gasteiger partial charge in [0.15, 0.2) is 0 Å². The predicted octanol–water partition coefficient (Wildman–Crippen LogP) is -14.2. The van der Waals surface area contributed by atoms with Crippen molar-refractivity contribution in [3.8, 4) is 0 Å². The Morgan fingerprint density at radius 1 is 1.00 bits per heavy atom. The molecule has 0 aliphatic carbocycles. The van der Waals surface area contributed by atoms with Crippen molar-refractivity contribution in [1.82, 2.24) is 0 Å². The topological polar surface area (TPSA) is 119 Å². The van der Waals surface area contributed by atoms with E-state index < -0.39 is 15.5 Å². The molecular formula is CH3Na3O6Si. The maximum atomic E-state index is 9.40. The molecule has 0 spiro atoms. The van der Waals surface area contributed by atoms with E-state index in [2.05, 4.69) is 4.43 Å². The molecule has 0 atom stereocenters. The first-order valence-corrected chi connectivity index (χ1v) is 3.20. The summed E-state index contributed by atoms with van der Waals surface area (Å²) < 4.78 is 3.02. The third-order valence-electron chi connectivity index (χ3n) is 0.250. The van der Waals surface area contributed by atoms with Gasteiger partial charge in [0, 0.05) is 0 Å². The van der Waals surface area contributed by atoms with Crippen LogP contribution < -0.4 is 103 Å². The van der Waals surface area contributed by atoms with Crippen molar-refractivity contribution in [3.05, 3.63) is 0 Å². The van der Waals surface area contributed by atoms with Crippen molar-refractivity contribution in [3.63, 3.8) is 0 Å². The molecule has 0 radical (unpaired) electrons. The molecule has 0 saturated heterocycles. The second-order valence-corrected chi connectivity index (χ2v) is 2.18. The van der Waals surface area contributed by atoms with Gasteiger partial charge in [-0.3, -0.25) is 0 Å². The average Bonchev–Trinajstić information content (AvgIpc) is 1.21. The summed E-state index contributed by atoms with van der Waals surface area (Å²) >= 11 is 0. The van der Waals surface area contributed by atoms with E-state index in [0.29, 0.717) is 0 Å². The van der Waals surface area contributed by atoms with Crippen LogP contribution in [0.5, 0.6) is 0 Å². The fourth-order valence-corrected chi connectivity index (χ4v) is 0.387. The Morgan fingerprint density at radius 3 is 1.27 bits per heavy atom. The van der Waals surface area contributed by atoms with E-state index in [1.807, 2.05) is 0 Å². The predicted molar refractivity (Wildman–Crippen MR) is 15.1 cm³/mol. The summed E-state index contributed by atoms with van der Waals surface area (Å²) in [6.07, 6.45) is 0. The van der Waals surface area contributed by atoms with Crippen LogP contribution in [-0.4, -0.2) is 25.7 Å². The molecular weight excluding hydrogens is 205 g/mol. The van der Waals surface area contributed by atoms with Gasteiger partial charge in [0.1, 0.15) is 0 Å². The molecule has 0 aliphatic rings. The van der Waals surface area contributed by atoms with Crippen molar-refractivity contribution in [2.75, 3.05) is 0 Å². The van der Waals surface area contributed by atoms with Gasteiger partial charge in [-0.05, 0) is 0 Å². The summed E-state index contributed by atoms with van der Waals surface area (Å²) in [5, 5.41) is 15.3. The zero-order valence-corrected chi connectivity index (χ0v) is 13.6. The zero-order valence-electron chi connectivity index (χ0n) is 6.60. The van der Waals surface area contributed by atoms with Crippen molar-refractivity contribution in [1.29, 1.82) is 0 Å². The summed E-state index contributed by atoms with van der Waals surface area (Å²) in [7, 11) is -5.47. The second-order valence-electron chi connectivity index (χ2n) is 0.944. The first-order valence-electron chi connectivity index (χ1n) is 1.57. The van der Waals surface area contributed by atoms with Gasteiger partial charge in [0.05, 0.1) is 0 Å². The average molecular weight is 208 g/mol. The molecule has 0 rings (SSSR count). The van der Waals surface area contributed by atoms with Crippen LogP contribution in [0.2, 0.25) is 0 Å². The van der Waals surface area contributed by atoms with Gasteiger partial charge in [0.2, 0.25) is 0 Å². The Morgan fingerprint density at radius 2 is 1.27 bits per heavy atom. The van der Waals surface area contributed by atoms with Crippen LogP contribution in [0.25, 0.3) is 0 Å². The third kappa shape index (κ3) is 24.6. The monoisotopic (exact) mass is 208 g/mol. The van der Waals surface area contributed by atoms with Gasteiger partial charge in [-0.1, -0.05) is 0 Å². The Labute approximate surface area is 131 Å². The van der Waals surface area contributed by atoms with Crippen LogP contribution in [0.3, 0.4) is 0 Å². The van der Waals surface area contributed by atoms with Crippen LogP contribution in [-0.2, 0) is 4.43 Å². The molecule has 0 aromatic rings. The van der Waals surface area contributed by atoms with Crippen LogP contribution in [0.4, 0.5) is 0 Å². The Bertz CT molecular complexity index is 72.7. The molecule has 0 heterocycles. The van der Waals surface area contributed by atoms with Gasteiger partial charge < -0.3 is 29.0 Å². The maximum Gasteiger partial charge on any atom is 1.00 e. The molecule has 0 aliphatic heterocycles. The van der Waals surface area contributed by atoms with E-state index in [0.717, 1.165) is 0 Å². The van der Waals surface area contributed by atoms with Gasteiger partial charge in [-0.15, -0.1) is 9.05 Å². The number of aliphatic hydroxyl groups is 2. The van der Waals surface area contributed by atoms with E-state index in [1.54, 1.807) is 0 Å². The minimum Gasteiger partial charge on any atom is -0.861 e. The van der Waals surface area contributed by atoms with E-state index >= 15 is 0 Å². The van der Waals surface area contributed by atoms with E-state index in [9.17, 15) is 14.4 Å². The summed E-state index contributed by atoms with van der Waals surface area (Å²) in [6.45, 7) is -2.53. The molecule has 0 aromatic heterocycles. The largest absolute Gasteiger partial charge is 1.00 e. The normalized spacial score (nSPS) is 9.27. The van der Waals surface area contributed by atoms with E-state index in [4.69, 9.17) is 10.2 Å². The van der Waals surface area contributed by atoms with Gasteiger partial charge in [-0.25, -0.2) is 0 Å². The molecule has 11 heavy (non-hydrogen) atoms. The first-order chi connectivity index (χ1) is 3.42. The third-order valence-corrected chi connectivity index (χ3v) is 0.749. The number of rotatable bonds is 2. The molecule has 2 N–H and O–H groups in total. The summed E-state index contributed by atoms with van der Waals surface area (Å²) in [5.74, 6) is 0. The Kier molecular flexibility index (Phi) is 23.8. The second kappa shape index (κ2) is 11.1. The standard InChI is InChI=1S/CH3O6Si.3Na/c2-1(3)7-8(4,5)6;;;/h1-3H;;;/q-3;3*+1. The van der Waals surface area contributed by atoms with E-state index in [1.165, 1.54) is 0 Å². The number of hydrogen-bond acceptors (Lipinski definition) is 6. The minimum absolute atomic E-state index is 0. The van der Waals surface area contributed by atoms with Crippen LogP contribution in [0, 0.1) is 0 Å². The van der Waals surface area contributed by atoms with Crippen molar-refractivity contribution in [2.24, 2.45) is 0 Å². The van der Waals surface area contributed by atoms with Gasteiger partial charge in [0.25, 0.3) is 6.48 Å². The molecule has 0 aromatic carbocycles. The maximum absolute atomic E-state index is 9.40. The van der Waals surface area contributed by atoms with Crippen LogP contribution in [0.1, 0.15) is 0 Å². The first kappa shape index (κ1) is 23.6. The molecule has 10 heteroatoms. The summed E-state index contributed by atoms with van der Waals surface area (Å²) in [5.41, 5.74) is 0. The van der Waals surface area contributed by atoms with Crippen molar-refractivity contribution >= 4 is 9.05 Å². The summed E-state index contributed by atoms with van der Waals surface area (Å²) in [4.78, 5) is 28.2. The molecule has 0 fully saturated rings. The van der Waals surface area contributed by atoms with Crippen LogP contribution >= 0.6 is 0 Å². The molecule has 0 amide bonds. The minimum atomic E-state index is -5.47. The molecule has 6 nitrogen and oxygen atoms in total. The quantitative estimate of drug-likeness (QED) is 0.343. The SMILES string of the molecule is [Na+].[Na+].[Na+].[O-][Si]([O-])([O-])OC(O)O. The Balaban J connectivity index is -0.0000000817. The summed E-state index contributed by atoms with van der Waals surface area (Å²) in [6, 6.07) is 0. The Hall–Kier alpha value is 2.98. The number of hydrogen-bond donors (Lipinski definition) is 2. The smallest absolute Gasteiger partial charge is 0.861 e. The molecule has 50 valence electrons. The van der Waals surface area contributed by atoms with Crippen molar-refractivity contribution in [2.45, 2.75) is 6.48 Å². The van der Waals surface area contributed by atoms with Gasteiger partial charge in [-0.2, -0.15) is 0 Å². The van der Waals surface area contributed by atoms with Gasteiger partial charge >= 0.3 is 88.7 Å². The van der Waals surface area contributed by atoms with E-state index in [-0.39, 0.29) is 88.7 Å². The fraction of sp³-hybridized carbons (Fsp3) is 1.00. The zero-order chi connectivity index (χ0) is 6.78. The fourth-order valence-electron chi connectivity index (χ4n) is 0.129. The number of aliphatic hydroxyl groups excluding tert-OH is 1. The molecule has 0 unspecified atom stereocenters. The van der Waals surface area contributed by atoms with Crippen LogP contribution in [0.15, 0.2) is 0 Å².